The number of carbonyl (C=O) groups excluding carboxylic acids is 1. The maximum absolute atomic E-state index is 12.0. The van der Waals surface area contributed by atoms with Crippen molar-refractivity contribution in [2.24, 2.45) is 5.41 Å². The van der Waals surface area contributed by atoms with Crippen molar-refractivity contribution < 1.29 is 14.6 Å². The zero-order valence-electron chi connectivity index (χ0n) is 14.1. The van der Waals surface area contributed by atoms with Gasteiger partial charge in [-0.25, -0.2) is 4.79 Å². The van der Waals surface area contributed by atoms with Crippen molar-refractivity contribution in [2.45, 2.75) is 51.7 Å². The Morgan fingerprint density at radius 3 is 2.48 bits per heavy atom. The third-order valence-electron chi connectivity index (χ3n) is 4.81. The second kappa shape index (κ2) is 5.12. The van der Waals surface area contributed by atoms with Gasteiger partial charge in [-0.3, -0.25) is 0 Å². The normalized spacial score (nSPS) is 21.6. The van der Waals surface area contributed by atoms with E-state index in [-0.39, 0.29) is 11.5 Å². The van der Waals surface area contributed by atoms with E-state index in [1.165, 1.54) is 0 Å². The maximum atomic E-state index is 12.0. The van der Waals surface area contributed by atoms with E-state index >= 15 is 0 Å². The van der Waals surface area contributed by atoms with E-state index in [9.17, 15) is 9.90 Å². The smallest absolute Gasteiger partial charge is 0.410 e. The van der Waals surface area contributed by atoms with E-state index in [4.69, 9.17) is 16.3 Å². The van der Waals surface area contributed by atoms with Crippen LogP contribution in [0.5, 0.6) is 0 Å². The molecule has 1 heterocycles. The highest BCUT2D eigenvalue weighted by molar-refractivity contribution is 6.31. The summed E-state index contributed by atoms with van der Waals surface area (Å²) >= 11 is 6.17. The van der Waals surface area contributed by atoms with Crippen molar-refractivity contribution in [2.75, 3.05) is 13.1 Å². The summed E-state index contributed by atoms with van der Waals surface area (Å²) in [5, 5.41) is 11.6. The van der Waals surface area contributed by atoms with Gasteiger partial charge in [0.2, 0.25) is 0 Å². The second-order valence-corrected chi connectivity index (χ2v) is 8.54. The number of likely N-dealkylation sites (tertiary alicyclic amines) is 1. The van der Waals surface area contributed by atoms with Crippen LogP contribution < -0.4 is 0 Å². The van der Waals surface area contributed by atoms with Crippen molar-refractivity contribution in [1.29, 1.82) is 0 Å². The van der Waals surface area contributed by atoms with Crippen LogP contribution in [0.3, 0.4) is 0 Å². The highest BCUT2D eigenvalue weighted by Gasteiger charge is 2.61. The quantitative estimate of drug-likeness (QED) is 0.846. The summed E-state index contributed by atoms with van der Waals surface area (Å²) in [6, 6.07) is 5.66. The molecule has 0 radical (unpaired) electrons. The largest absolute Gasteiger partial charge is 0.444 e. The molecule has 1 spiro atoms. The molecule has 1 N–H and O–H groups in total. The van der Waals surface area contributed by atoms with E-state index in [1.54, 1.807) is 4.90 Å². The van der Waals surface area contributed by atoms with E-state index in [0.29, 0.717) is 31.0 Å². The lowest BCUT2D eigenvalue weighted by Crippen LogP contribution is -2.68. The minimum Gasteiger partial charge on any atom is -0.444 e. The number of carbonyl (C=O) groups is 1. The summed E-state index contributed by atoms with van der Waals surface area (Å²) in [5.41, 5.74) is 0.578. The van der Waals surface area contributed by atoms with Gasteiger partial charge in [0, 0.05) is 23.5 Å². The van der Waals surface area contributed by atoms with Crippen LogP contribution in [0.1, 0.15) is 44.7 Å². The number of nitrogens with zero attached hydrogens (tertiary/aromatic N) is 1. The fraction of sp³-hybridized carbons (Fsp3) is 0.611. The molecule has 0 bridgehead atoms. The van der Waals surface area contributed by atoms with E-state index in [1.807, 2.05) is 45.9 Å². The number of hydrogen-bond donors (Lipinski definition) is 1. The Balaban J connectivity index is 1.62. The van der Waals surface area contributed by atoms with Gasteiger partial charge >= 0.3 is 6.09 Å². The van der Waals surface area contributed by atoms with E-state index in [0.717, 1.165) is 11.1 Å². The summed E-state index contributed by atoms with van der Waals surface area (Å²) in [5.74, 6) is 0. The minimum absolute atomic E-state index is 0.0282. The summed E-state index contributed by atoms with van der Waals surface area (Å²) in [6.45, 7) is 8.85. The highest BCUT2D eigenvalue weighted by Crippen LogP contribution is 2.59. The number of ether oxygens (including phenoxy) is 1. The average molecular weight is 338 g/mol. The molecule has 23 heavy (non-hydrogen) atoms. The van der Waals surface area contributed by atoms with Crippen LogP contribution in [0.15, 0.2) is 18.2 Å². The number of aliphatic hydroxyl groups is 1. The van der Waals surface area contributed by atoms with Crippen LogP contribution >= 0.6 is 11.6 Å². The van der Waals surface area contributed by atoms with E-state index in [2.05, 4.69) is 0 Å². The molecule has 5 heteroatoms. The Labute approximate surface area is 142 Å². The lowest BCUT2D eigenvalue weighted by molar-refractivity contribution is -0.190. The molecule has 1 saturated carbocycles. The Bertz CT molecular complexity index is 636. The van der Waals surface area contributed by atoms with Crippen LogP contribution in [-0.2, 0) is 10.3 Å². The molecular weight excluding hydrogens is 314 g/mol. The first-order valence-corrected chi connectivity index (χ1v) is 8.37. The molecular formula is C18H24ClNO3. The van der Waals surface area contributed by atoms with Crippen LogP contribution in [0, 0.1) is 12.3 Å². The Kier molecular flexibility index (Phi) is 3.69. The van der Waals surface area contributed by atoms with Gasteiger partial charge in [0.1, 0.15) is 5.60 Å². The van der Waals surface area contributed by atoms with Gasteiger partial charge in [-0.05, 0) is 57.7 Å². The molecule has 126 valence electrons. The van der Waals surface area contributed by atoms with Crippen LogP contribution in [0.25, 0.3) is 0 Å². The van der Waals surface area contributed by atoms with Crippen molar-refractivity contribution in [1.82, 2.24) is 4.90 Å². The van der Waals surface area contributed by atoms with E-state index < -0.39 is 11.2 Å². The van der Waals surface area contributed by atoms with Crippen LogP contribution in [0.4, 0.5) is 4.79 Å². The first-order valence-electron chi connectivity index (χ1n) is 8.00. The topological polar surface area (TPSA) is 49.8 Å². The number of hydrogen-bond acceptors (Lipinski definition) is 3. The van der Waals surface area contributed by atoms with Gasteiger partial charge in [0.25, 0.3) is 0 Å². The first-order chi connectivity index (χ1) is 10.5. The number of amides is 1. The summed E-state index contributed by atoms with van der Waals surface area (Å²) in [6.07, 6.45) is 1.07. The fourth-order valence-electron chi connectivity index (χ4n) is 3.93. The minimum atomic E-state index is -0.824. The van der Waals surface area contributed by atoms with Crippen molar-refractivity contribution in [3.05, 3.63) is 34.3 Å². The van der Waals surface area contributed by atoms with Crippen molar-refractivity contribution in [3.63, 3.8) is 0 Å². The van der Waals surface area contributed by atoms with Gasteiger partial charge in [-0.1, -0.05) is 23.7 Å². The molecule has 1 aliphatic carbocycles. The molecule has 0 unspecified atom stereocenters. The van der Waals surface area contributed by atoms with Gasteiger partial charge in [0.05, 0.1) is 5.60 Å². The van der Waals surface area contributed by atoms with Gasteiger partial charge in [-0.15, -0.1) is 0 Å². The fourth-order valence-corrected chi connectivity index (χ4v) is 4.11. The zero-order valence-corrected chi connectivity index (χ0v) is 14.9. The molecule has 1 aromatic rings. The molecule has 2 fully saturated rings. The Morgan fingerprint density at radius 2 is 1.91 bits per heavy atom. The second-order valence-electron chi connectivity index (χ2n) is 8.13. The molecule has 1 aromatic carbocycles. The predicted octanol–water partition coefficient (Wildman–Crippen LogP) is 3.87. The number of rotatable bonds is 1. The third kappa shape index (κ3) is 2.94. The molecule has 1 amide bonds. The molecule has 0 atom stereocenters. The first kappa shape index (κ1) is 16.6. The van der Waals surface area contributed by atoms with Gasteiger partial charge in [0.15, 0.2) is 0 Å². The SMILES string of the molecule is Cc1c(Cl)cccc1C1(O)CC2(CN(C(=O)OC(C)(C)C)C2)C1. The number of halogens is 1. The van der Waals surface area contributed by atoms with Gasteiger partial charge < -0.3 is 14.7 Å². The Morgan fingerprint density at radius 1 is 1.30 bits per heavy atom. The van der Waals surface area contributed by atoms with Crippen LogP contribution in [0.2, 0.25) is 5.02 Å². The molecule has 3 rings (SSSR count). The zero-order chi connectivity index (χ0) is 17.0. The average Bonchev–Trinajstić information content (AvgIpc) is 2.33. The Hall–Kier alpha value is -1.26. The third-order valence-corrected chi connectivity index (χ3v) is 5.22. The molecule has 4 nitrogen and oxygen atoms in total. The highest BCUT2D eigenvalue weighted by atomic mass is 35.5. The summed E-state index contributed by atoms with van der Waals surface area (Å²) < 4.78 is 5.38. The molecule has 0 aromatic heterocycles. The molecule has 1 aliphatic heterocycles. The standard InChI is InChI=1S/C18H24ClNO3/c1-12-13(6-5-7-14(12)19)18(22)8-17(9-18)10-20(11-17)15(21)23-16(2,3)4/h5-7,22H,8-11H2,1-4H3. The molecule has 2 aliphatic rings. The van der Waals surface area contributed by atoms with Gasteiger partial charge in [-0.2, -0.15) is 0 Å². The predicted molar refractivity (Wildman–Crippen MR) is 89.6 cm³/mol. The maximum Gasteiger partial charge on any atom is 0.410 e. The molecule has 1 saturated heterocycles. The van der Waals surface area contributed by atoms with Crippen LogP contribution in [-0.4, -0.2) is 34.8 Å². The van der Waals surface area contributed by atoms with Crippen molar-refractivity contribution >= 4 is 17.7 Å². The monoisotopic (exact) mass is 337 g/mol. The lowest BCUT2D eigenvalue weighted by Gasteiger charge is -2.62. The lowest BCUT2D eigenvalue weighted by atomic mass is 9.53. The van der Waals surface area contributed by atoms with Crippen molar-refractivity contribution in [3.8, 4) is 0 Å². The summed E-state index contributed by atoms with van der Waals surface area (Å²) in [4.78, 5) is 13.7. The number of benzene rings is 1. The summed E-state index contributed by atoms with van der Waals surface area (Å²) in [7, 11) is 0.